The Morgan fingerprint density at radius 1 is 1.33 bits per heavy atom. The van der Waals surface area contributed by atoms with Gasteiger partial charge in [-0.25, -0.2) is 4.98 Å². The van der Waals surface area contributed by atoms with Gasteiger partial charge < -0.3 is 0 Å². The maximum Gasteiger partial charge on any atom is 0.212 e. The SMILES string of the molecule is Cc1cccc(C(=O)c2csc(C)c2)n1. The van der Waals surface area contributed by atoms with Crippen LogP contribution in [0.1, 0.15) is 26.6 Å². The Balaban J connectivity index is 2.36. The highest BCUT2D eigenvalue weighted by Crippen LogP contribution is 2.16. The fraction of sp³-hybridized carbons (Fsp3) is 0.167. The largest absolute Gasteiger partial charge is 0.287 e. The van der Waals surface area contributed by atoms with Crippen LogP contribution >= 0.6 is 11.3 Å². The van der Waals surface area contributed by atoms with Crippen molar-refractivity contribution in [1.82, 2.24) is 4.98 Å². The number of hydrogen-bond acceptors (Lipinski definition) is 3. The predicted molar refractivity (Wildman–Crippen MR) is 61.5 cm³/mol. The van der Waals surface area contributed by atoms with Crippen LogP contribution in [0.3, 0.4) is 0 Å². The van der Waals surface area contributed by atoms with E-state index in [1.165, 1.54) is 0 Å². The first-order valence-electron chi connectivity index (χ1n) is 4.70. The fourth-order valence-electron chi connectivity index (χ4n) is 1.38. The molecule has 15 heavy (non-hydrogen) atoms. The van der Waals surface area contributed by atoms with Crippen molar-refractivity contribution in [2.45, 2.75) is 13.8 Å². The summed E-state index contributed by atoms with van der Waals surface area (Å²) < 4.78 is 0. The van der Waals surface area contributed by atoms with Gasteiger partial charge in [-0.2, -0.15) is 0 Å². The van der Waals surface area contributed by atoms with Gasteiger partial charge in [0.05, 0.1) is 0 Å². The highest BCUT2D eigenvalue weighted by Gasteiger charge is 2.11. The second-order valence-corrected chi connectivity index (χ2v) is 4.55. The third-order valence-electron chi connectivity index (χ3n) is 2.11. The van der Waals surface area contributed by atoms with Crippen molar-refractivity contribution in [3.8, 4) is 0 Å². The molecule has 0 aromatic carbocycles. The first-order valence-corrected chi connectivity index (χ1v) is 5.58. The van der Waals surface area contributed by atoms with E-state index in [9.17, 15) is 4.79 Å². The van der Waals surface area contributed by atoms with Crippen molar-refractivity contribution >= 4 is 17.1 Å². The molecule has 2 nitrogen and oxygen atoms in total. The van der Waals surface area contributed by atoms with E-state index >= 15 is 0 Å². The molecular formula is C12H11NOS. The second kappa shape index (κ2) is 3.95. The number of carbonyl (C=O) groups excluding carboxylic acids is 1. The molecule has 76 valence electrons. The average molecular weight is 217 g/mol. The molecule has 0 bridgehead atoms. The molecule has 0 aliphatic heterocycles. The van der Waals surface area contributed by atoms with Crippen LogP contribution in [0.4, 0.5) is 0 Å². The van der Waals surface area contributed by atoms with Gasteiger partial charge in [0, 0.05) is 21.5 Å². The molecule has 0 fully saturated rings. The smallest absolute Gasteiger partial charge is 0.212 e. The quantitative estimate of drug-likeness (QED) is 0.724. The van der Waals surface area contributed by atoms with Crippen molar-refractivity contribution < 1.29 is 4.79 Å². The zero-order valence-electron chi connectivity index (χ0n) is 8.65. The van der Waals surface area contributed by atoms with E-state index in [0.29, 0.717) is 5.69 Å². The molecule has 3 heteroatoms. The van der Waals surface area contributed by atoms with Gasteiger partial charge in [-0.05, 0) is 32.0 Å². The number of rotatable bonds is 2. The van der Waals surface area contributed by atoms with E-state index in [1.807, 2.05) is 37.4 Å². The fourth-order valence-corrected chi connectivity index (χ4v) is 2.06. The second-order valence-electron chi connectivity index (χ2n) is 3.44. The Morgan fingerprint density at radius 2 is 2.13 bits per heavy atom. The maximum absolute atomic E-state index is 12.0. The predicted octanol–water partition coefficient (Wildman–Crippen LogP) is 2.99. The highest BCUT2D eigenvalue weighted by molar-refractivity contribution is 7.10. The Hall–Kier alpha value is -1.48. The van der Waals surface area contributed by atoms with Crippen LogP contribution in [-0.2, 0) is 0 Å². The lowest BCUT2D eigenvalue weighted by Gasteiger charge is -1.98. The molecular weight excluding hydrogens is 206 g/mol. The Morgan fingerprint density at radius 3 is 2.73 bits per heavy atom. The van der Waals surface area contributed by atoms with Crippen molar-refractivity contribution in [3.63, 3.8) is 0 Å². The van der Waals surface area contributed by atoms with Crippen LogP contribution in [0.5, 0.6) is 0 Å². The number of nitrogens with zero attached hydrogens (tertiary/aromatic N) is 1. The lowest BCUT2D eigenvalue weighted by atomic mass is 10.1. The van der Waals surface area contributed by atoms with E-state index in [-0.39, 0.29) is 5.78 Å². The molecule has 0 atom stereocenters. The summed E-state index contributed by atoms with van der Waals surface area (Å²) in [6, 6.07) is 7.39. The van der Waals surface area contributed by atoms with Crippen LogP contribution < -0.4 is 0 Å². The minimum absolute atomic E-state index is 0.00282. The number of hydrogen-bond donors (Lipinski definition) is 0. The lowest BCUT2D eigenvalue weighted by Crippen LogP contribution is -2.03. The van der Waals surface area contributed by atoms with E-state index in [1.54, 1.807) is 17.4 Å². The van der Waals surface area contributed by atoms with E-state index in [2.05, 4.69) is 4.98 Å². The highest BCUT2D eigenvalue weighted by atomic mass is 32.1. The normalized spacial score (nSPS) is 10.3. The van der Waals surface area contributed by atoms with Gasteiger partial charge in [0.1, 0.15) is 5.69 Å². The van der Waals surface area contributed by atoms with Crippen LogP contribution in [0, 0.1) is 13.8 Å². The number of aromatic nitrogens is 1. The molecule has 0 unspecified atom stereocenters. The monoisotopic (exact) mass is 217 g/mol. The molecule has 2 rings (SSSR count). The molecule has 2 aromatic heterocycles. The number of carbonyl (C=O) groups is 1. The Bertz CT molecular complexity index is 502. The van der Waals surface area contributed by atoms with Crippen molar-refractivity contribution in [3.05, 3.63) is 51.5 Å². The molecule has 0 saturated carbocycles. The van der Waals surface area contributed by atoms with Gasteiger partial charge in [-0.15, -0.1) is 11.3 Å². The minimum atomic E-state index is 0.00282. The molecule has 0 aliphatic carbocycles. The number of ketones is 1. The van der Waals surface area contributed by atoms with E-state index in [0.717, 1.165) is 16.1 Å². The average Bonchev–Trinajstić information content (AvgIpc) is 2.64. The van der Waals surface area contributed by atoms with Gasteiger partial charge >= 0.3 is 0 Å². The standard InChI is InChI=1S/C12H11NOS/c1-8-4-3-5-11(13-8)12(14)10-6-9(2)15-7-10/h3-7H,1-2H3. The summed E-state index contributed by atoms with van der Waals surface area (Å²) in [4.78, 5) is 17.3. The molecule has 0 saturated heterocycles. The summed E-state index contributed by atoms with van der Waals surface area (Å²) in [7, 11) is 0. The third-order valence-corrected chi connectivity index (χ3v) is 2.98. The summed E-state index contributed by atoms with van der Waals surface area (Å²) >= 11 is 1.58. The number of aryl methyl sites for hydroxylation is 2. The zero-order valence-corrected chi connectivity index (χ0v) is 9.47. The number of thiophene rings is 1. The summed E-state index contributed by atoms with van der Waals surface area (Å²) in [6.07, 6.45) is 0. The minimum Gasteiger partial charge on any atom is -0.287 e. The third kappa shape index (κ3) is 2.13. The summed E-state index contributed by atoms with van der Waals surface area (Å²) in [5.41, 5.74) is 2.12. The Labute approximate surface area is 92.6 Å². The summed E-state index contributed by atoms with van der Waals surface area (Å²) in [5, 5.41) is 1.88. The molecule has 2 aromatic rings. The molecule has 0 aliphatic rings. The maximum atomic E-state index is 12.0. The Kier molecular flexibility index (Phi) is 2.64. The van der Waals surface area contributed by atoms with Gasteiger partial charge in [0.15, 0.2) is 0 Å². The van der Waals surface area contributed by atoms with Crippen LogP contribution in [0.15, 0.2) is 29.6 Å². The molecule has 0 amide bonds. The molecule has 0 N–H and O–H groups in total. The zero-order chi connectivity index (χ0) is 10.8. The van der Waals surface area contributed by atoms with E-state index < -0.39 is 0 Å². The van der Waals surface area contributed by atoms with Gasteiger partial charge in [0.2, 0.25) is 5.78 Å². The van der Waals surface area contributed by atoms with Crippen molar-refractivity contribution in [2.75, 3.05) is 0 Å². The topological polar surface area (TPSA) is 30.0 Å². The first-order chi connectivity index (χ1) is 7.16. The first kappa shape index (κ1) is 10.1. The van der Waals surface area contributed by atoms with E-state index in [4.69, 9.17) is 0 Å². The van der Waals surface area contributed by atoms with Crippen LogP contribution in [0.25, 0.3) is 0 Å². The molecule has 2 heterocycles. The summed E-state index contributed by atoms with van der Waals surface area (Å²) in [6.45, 7) is 3.88. The summed E-state index contributed by atoms with van der Waals surface area (Å²) in [5.74, 6) is 0.00282. The molecule has 0 radical (unpaired) electrons. The molecule has 0 spiro atoms. The van der Waals surface area contributed by atoms with Crippen molar-refractivity contribution in [1.29, 1.82) is 0 Å². The van der Waals surface area contributed by atoms with Crippen molar-refractivity contribution in [2.24, 2.45) is 0 Å². The van der Waals surface area contributed by atoms with Gasteiger partial charge in [-0.1, -0.05) is 6.07 Å². The van der Waals surface area contributed by atoms with Crippen LogP contribution in [0.2, 0.25) is 0 Å². The lowest BCUT2D eigenvalue weighted by molar-refractivity contribution is 0.103. The van der Waals surface area contributed by atoms with Gasteiger partial charge in [-0.3, -0.25) is 4.79 Å². The van der Waals surface area contributed by atoms with Crippen LogP contribution in [-0.4, -0.2) is 10.8 Å². The number of pyridine rings is 1. The van der Waals surface area contributed by atoms with Gasteiger partial charge in [0.25, 0.3) is 0 Å².